The van der Waals surface area contributed by atoms with Crippen LogP contribution in [0, 0.1) is 0 Å². The van der Waals surface area contributed by atoms with E-state index in [2.05, 4.69) is 35.3 Å². The first-order chi connectivity index (χ1) is 8.34. The average molecular weight is 224 g/mol. The Hall–Kier alpha value is -1.67. The van der Waals surface area contributed by atoms with Crippen LogP contribution in [0.1, 0.15) is 34.7 Å². The summed E-state index contributed by atoms with van der Waals surface area (Å²) in [5.74, 6) is 0. The van der Waals surface area contributed by atoms with Gasteiger partial charge in [0.2, 0.25) is 0 Å². The fourth-order valence-corrected chi connectivity index (χ4v) is 2.65. The molecule has 0 saturated carbocycles. The van der Waals surface area contributed by atoms with Crippen molar-refractivity contribution in [2.75, 3.05) is 0 Å². The highest BCUT2D eigenvalue weighted by molar-refractivity contribution is 5.42. The third kappa shape index (κ3) is 1.96. The zero-order chi connectivity index (χ0) is 11.7. The molecule has 2 heteroatoms. The molecule has 2 N–H and O–H groups in total. The van der Waals surface area contributed by atoms with Gasteiger partial charge in [-0.3, -0.25) is 4.98 Å². The lowest BCUT2D eigenvalue weighted by Gasteiger charge is -2.09. The van der Waals surface area contributed by atoms with Gasteiger partial charge in [-0.2, -0.15) is 0 Å². The molecule has 0 saturated heterocycles. The summed E-state index contributed by atoms with van der Waals surface area (Å²) in [6.45, 7) is 0. The van der Waals surface area contributed by atoms with E-state index in [1.165, 1.54) is 22.3 Å². The van der Waals surface area contributed by atoms with Crippen LogP contribution in [-0.4, -0.2) is 4.98 Å². The molecule has 0 spiro atoms. The molecule has 0 fully saturated rings. The normalized spacial score (nSPS) is 18.1. The van der Waals surface area contributed by atoms with Gasteiger partial charge in [-0.15, -0.1) is 0 Å². The highest BCUT2D eigenvalue weighted by atomic mass is 14.6. The lowest BCUT2D eigenvalue weighted by molar-refractivity contribution is 0.713. The predicted octanol–water partition coefficient (Wildman–Crippen LogP) is 2.62. The topological polar surface area (TPSA) is 38.9 Å². The first kappa shape index (κ1) is 10.5. The second kappa shape index (κ2) is 4.30. The third-order valence-electron chi connectivity index (χ3n) is 3.56. The van der Waals surface area contributed by atoms with E-state index in [-0.39, 0.29) is 6.04 Å². The summed E-state index contributed by atoms with van der Waals surface area (Å²) in [6, 6.07) is 10.9. The number of nitrogens with zero attached hydrogens (tertiary/aromatic N) is 1. The van der Waals surface area contributed by atoms with Gasteiger partial charge < -0.3 is 5.73 Å². The zero-order valence-corrected chi connectivity index (χ0v) is 9.76. The van der Waals surface area contributed by atoms with Crippen LogP contribution in [0.2, 0.25) is 0 Å². The number of benzene rings is 1. The van der Waals surface area contributed by atoms with Gasteiger partial charge in [0.05, 0.1) is 0 Å². The minimum absolute atomic E-state index is 0.238. The quantitative estimate of drug-likeness (QED) is 0.851. The van der Waals surface area contributed by atoms with Crippen molar-refractivity contribution < 1.29 is 0 Å². The Morgan fingerprint density at radius 3 is 2.82 bits per heavy atom. The van der Waals surface area contributed by atoms with Gasteiger partial charge in [-0.25, -0.2) is 0 Å². The summed E-state index contributed by atoms with van der Waals surface area (Å²) in [7, 11) is 0. The van der Waals surface area contributed by atoms with Crippen molar-refractivity contribution in [3.05, 3.63) is 65.0 Å². The van der Waals surface area contributed by atoms with Crippen molar-refractivity contribution in [3.63, 3.8) is 0 Å². The van der Waals surface area contributed by atoms with Crippen molar-refractivity contribution in [1.82, 2.24) is 4.98 Å². The van der Waals surface area contributed by atoms with Crippen molar-refractivity contribution in [2.45, 2.75) is 25.3 Å². The fraction of sp³-hybridized carbons (Fsp3) is 0.267. The van der Waals surface area contributed by atoms with Crippen LogP contribution in [0.15, 0.2) is 42.7 Å². The Bertz CT molecular complexity index is 520. The Kier molecular flexibility index (Phi) is 2.65. The SMILES string of the molecule is NC1CCc2c(Cc3ccncc3)cccc21. The number of fused-ring (bicyclic) bond motifs is 1. The van der Waals surface area contributed by atoms with Crippen molar-refractivity contribution in [3.8, 4) is 0 Å². The summed E-state index contributed by atoms with van der Waals surface area (Å²) < 4.78 is 0. The number of rotatable bonds is 2. The molecular weight excluding hydrogens is 208 g/mol. The van der Waals surface area contributed by atoms with Crippen LogP contribution >= 0.6 is 0 Å². The van der Waals surface area contributed by atoms with E-state index in [1.54, 1.807) is 0 Å². The molecule has 0 bridgehead atoms. The first-order valence-electron chi connectivity index (χ1n) is 6.10. The molecule has 1 aliphatic carbocycles. The van der Waals surface area contributed by atoms with Crippen molar-refractivity contribution >= 4 is 0 Å². The molecule has 3 rings (SSSR count). The summed E-state index contributed by atoms with van der Waals surface area (Å²) in [6.07, 6.45) is 6.90. The lowest BCUT2D eigenvalue weighted by atomic mass is 9.97. The lowest BCUT2D eigenvalue weighted by Crippen LogP contribution is -2.05. The Morgan fingerprint density at radius 1 is 1.18 bits per heavy atom. The Balaban J connectivity index is 1.95. The van der Waals surface area contributed by atoms with Crippen LogP contribution in [0.25, 0.3) is 0 Å². The van der Waals surface area contributed by atoms with E-state index >= 15 is 0 Å². The fourth-order valence-electron chi connectivity index (χ4n) is 2.65. The molecule has 1 aliphatic rings. The number of hydrogen-bond acceptors (Lipinski definition) is 2. The molecule has 2 aromatic rings. The molecule has 0 amide bonds. The molecule has 1 aromatic heterocycles. The second-order valence-corrected chi connectivity index (χ2v) is 4.66. The van der Waals surface area contributed by atoms with Gasteiger partial charge in [0, 0.05) is 18.4 Å². The molecule has 1 heterocycles. The molecule has 2 nitrogen and oxygen atoms in total. The number of nitrogens with two attached hydrogens (primary N) is 1. The van der Waals surface area contributed by atoms with Gasteiger partial charge in [0.1, 0.15) is 0 Å². The Morgan fingerprint density at radius 2 is 2.00 bits per heavy atom. The maximum Gasteiger partial charge on any atom is 0.0300 e. The van der Waals surface area contributed by atoms with Gasteiger partial charge in [0.15, 0.2) is 0 Å². The van der Waals surface area contributed by atoms with E-state index < -0.39 is 0 Å². The van der Waals surface area contributed by atoms with Crippen LogP contribution < -0.4 is 5.73 Å². The van der Waals surface area contributed by atoms with E-state index in [0.717, 1.165) is 19.3 Å². The summed E-state index contributed by atoms with van der Waals surface area (Å²) in [4.78, 5) is 4.05. The molecule has 1 unspecified atom stereocenters. The largest absolute Gasteiger partial charge is 0.324 e. The smallest absolute Gasteiger partial charge is 0.0300 e. The number of aromatic nitrogens is 1. The maximum absolute atomic E-state index is 6.10. The van der Waals surface area contributed by atoms with Crippen LogP contribution in [0.5, 0.6) is 0 Å². The van der Waals surface area contributed by atoms with E-state index in [4.69, 9.17) is 5.73 Å². The molecule has 17 heavy (non-hydrogen) atoms. The Labute approximate surface area is 102 Å². The predicted molar refractivity (Wildman–Crippen MR) is 68.7 cm³/mol. The van der Waals surface area contributed by atoms with E-state index in [1.807, 2.05) is 12.4 Å². The highest BCUT2D eigenvalue weighted by Crippen LogP contribution is 2.32. The van der Waals surface area contributed by atoms with Crippen LogP contribution in [0.4, 0.5) is 0 Å². The minimum atomic E-state index is 0.238. The van der Waals surface area contributed by atoms with E-state index in [0.29, 0.717) is 0 Å². The van der Waals surface area contributed by atoms with Gasteiger partial charge in [-0.05, 0) is 53.6 Å². The average Bonchev–Trinajstić information content (AvgIpc) is 2.74. The van der Waals surface area contributed by atoms with Crippen LogP contribution in [-0.2, 0) is 12.8 Å². The van der Waals surface area contributed by atoms with Crippen LogP contribution in [0.3, 0.4) is 0 Å². The molecule has 86 valence electrons. The summed E-state index contributed by atoms with van der Waals surface area (Å²) in [5.41, 5.74) is 11.6. The minimum Gasteiger partial charge on any atom is -0.324 e. The summed E-state index contributed by atoms with van der Waals surface area (Å²) >= 11 is 0. The standard InChI is InChI=1S/C15H16N2/c16-15-5-4-13-12(2-1-3-14(13)15)10-11-6-8-17-9-7-11/h1-3,6-9,15H,4-5,10,16H2. The molecule has 1 aromatic carbocycles. The summed E-state index contributed by atoms with van der Waals surface area (Å²) in [5, 5.41) is 0. The number of hydrogen-bond donors (Lipinski definition) is 1. The van der Waals surface area contributed by atoms with Crippen molar-refractivity contribution in [1.29, 1.82) is 0 Å². The van der Waals surface area contributed by atoms with Gasteiger partial charge in [0.25, 0.3) is 0 Å². The second-order valence-electron chi connectivity index (χ2n) is 4.66. The maximum atomic E-state index is 6.10. The van der Waals surface area contributed by atoms with Gasteiger partial charge >= 0.3 is 0 Å². The molecular formula is C15H16N2. The zero-order valence-electron chi connectivity index (χ0n) is 9.76. The van der Waals surface area contributed by atoms with E-state index in [9.17, 15) is 0 Å². The first-order valence-corrected chi connectivity index (χ1v) is 6.10. The molecule has 0 aliphatic heterocycles. The monoisotopic (exact) mass is 224 g/mol. The highest BCUT2D eigenvalue weighted by Gasteiger charge is 2.20. The molecule has 1 atom stereocenters. The van der Waals surface area contributed by atoms with Gasteiger partial charge in [-0.1, -0.05) is 18.2 Å². The van der Waals surface area contributed by atoms with Crippen molar-refractivity contribution in [2.24, 2.45) is 5.73 Å². The molecule has 0 radical (unpaired) electrons. The number of pyridine rings is 1. The third-order valence-corrected chi connectivity index (χ3v) is 3.56.